The highest BCUT2D eigenvalue weighted by atomic mass is 16.1. The van der Waals surface area contributed by atoms with Gasteiger partial charge < -0.3 is 10.2 Å². The maximum Gasteiger partial charge on any atom is 0.262 e. The van der Waals surface area contributed by atoms with Crippen LogP contribution in [-0.2, 0) is 4.79 Å². The number of hydrogen-bond donors (Lipinski definition) is 1. The molecule has 0 aliphatic rings. The molecule has 1 amide bonds. The van der Waals surface area contributed by atoms with Crippen LogP contribution >= 0.6 is 0 Å². The zero-order valence-corrected chi connectivity index (χ0v) is 15.6. The van der Waals surface area contributed by atoms with Crippen LogP contribution < -0.4 is 10.2 Å². The Bertz CT molecular complexity index is 784. The van der Waals surface area contributed by atoms with Crippen molar-refractivity contribution in [1.29, 1.82) is 5.26 Å². The Balaban J connectivity index is 2.11. The first-order chi connectivity index (χ1) is 12.6. The summed E-state index contributed by atoms with van der Waals surface area (Å²) in [6.07, 6.45) is 1.62. The van der Waals surface area contributed by atoms with Gasteiger partial charge in [-0.1, -0.05) is 42.5 Å². The zero-order chi connectivity index (χ0) is 18.9. The monoisotopic (exact) mass is 347 g/mol. The third-order valence-corrected chi connectivity index (χ3v) is 4.34. The summed E-state index contributed by atoms with van der Waals surface area (Å²) in [7, 11) is 0. The molecule has 0 saturated carbocycles. The number of carbonyl (C=O) groups excluding carboxylic acids is 1. The third kappa shape index (κ3) is 4.97. The van der Waals surface area contributed by atoms with Crippen molar-refractivity contribution in [2.45, 2.75) is 26.8 Å². The number of hydrogen-bond acceptors (Lipinski definition) is 3. The predicted molar refractivity (Wildman–Crippen MR) is 107 cm³/mol. The Labute approximate surface area is 155 Å². The van der Waals surface area contributed by atoms with E-state index in [9.17, 15) is 10.1 Å². The fourth-order valence-corrected chi connectivity index (χ4v) is 2.78. The zero-order valence-electron chi connectivity index (χ0n) is 15.6. The van der Waals surface area contributed by atoms with Gasteiger partial charge in [0.05, 0.1) is 6.04 Å². The van der Waals surface area contributed by atoms with Crippen LogP contribution in [0.15, 0.2) is 60.2 Å². The highest BCUT2D eigenvalue weighted by Gasteiger charge is 2.13. The molecular weight excluding hydrogens is 322 g/mol. The summed E-state index contributed by atoms with van der Waals surface area (Å²) in [6.45, 7) is 8.01. The molecule has 4 nitrogen and oxygen atoms in total. The number of nitriles is 1. The molecule has 0 saturated heterocycles. The lowest BCUT2D eigenvalue weighted by Gasteiger charge is -2.20. The first kappa shape index (κ1) is 19.3. The molecule has 0 fully saturated rings. The quantitative estimate of drug-likeness (QED) is 0.599. The van der Waals surface area contributed by atoms with Gasteiger partial charge in [0.25, 0.3) is 5.91 Å². The van der Waals surface area contributed by atoms with E-state index in [0.717, 1.165) is 29.9 Å². The Morgan fingerprint density at radius 1 is 1.12 bits per heavy atom. The van der Waals surface area contributed by atoms with E-state index in [1.54, 1.807) is 6.08 Å². The molecule has 134 valence electrons. The number of carbonyl (C=O) groups is 1. The largest absolute Gasteiger partial charge is 0.372 e. The van der Waals surface area contributed by atoms with E-state index in [1.165, 1.54) is 0 Å². The number of nitrogens with zero attached hydrogens (tertiary/aromatic N) is 2. The standard InChI is InChI=1S/C22H25N3O/c1-4-25(5-2)21-13-11-18(12-14-21)15-20(16-23)22(26)24-17(3)19-9-7-6-8-10-19/h6-15,17H,4-5H2,1-3H3,(H,24,26)/b20-15+. The lowest BCUT2D eigenvalue weighted by atomic mass is 10.1. The van der Waals surface area contributed by atoms with Crippen molar-refractivity contribution in [1.82, 2.24) is 5.32 Å². The van der Waals surface area contributed by atoms with E-state index in [0.29, 0.717) is 0 Å². The summed E-state index contributed by atoms with van der Waals surface area (Å²) >= 11 is 0. The van der Waals surface area contributed by atoms with Crippen molar-refractivity contribution < 1.29 is 4.79 Å². The van der Waals surface area contributed by atoms with Gasteiger partial charge in [0.15, 0.2) is 0 Å². The topological polar surface area (TPSA) is 56.1 Å². The van der Waals surface area contributed by atoms with E-state index in [4.69, 9.17) is 0 Å². The number of nitrogens with one attached hydrogen (secondary N) is 1. The second-order valence-corrected chi connectivity index (χ2v) is 6.04. The fraction of sp³-hybridized carbons (Fsp3) is 0.273. The smallest absolute Gasteiger partial charge is 0.262 e. The fourth-order valence-electron chi connectivity index (χ4n) is 2.78. The van der Waals surface area contributed by atoms with Gasteiger partial charge in [-0.05, 0) is 50.1 Å². The summed E-state index contributed by atoms with van der Waals surface area (Å²) < 4.78 is 0. The molecule has 0 bridgehead atoms. The molecule has 2 rings (SSSR count). The molecule has 2 aromatic rings. The molecule has 0 heterocycles. The molecule has 2 aromatic carbocycles. The van der Waals surface area contributed by atoms with Gasteiger partial charge in [-0.25, -0.2) is 0 Å². The van der Waals surface area contributed by atoms with Crippen molar-refractivity contribution in [3.05, 3.63) is 71.3 Å². The molecule has 0 radical (unpaired) electrons. The van der Waals surface area contributed by atoms with Gasteiger partial charge in [0.1, 0.15) is 11.6 Å². The minimum atomic E-state index is -0.364. The Hall–Kier alpha value is -3.06. The average molecular weight is 347 g/mol. The van der Waals surface area contributed by atoms with Crippen LogP contribution in [0.4, 0.5) is 5.69 Å². The van der Waals surface area contributed by atoms with Crippen LogP contribution in [0.5, 0.6) is 0 Å². The lowest BCUT2D eigenvalue weighted by molar-refractivity contribution is -0.117. The van der Waals surface area contributed by atoms with Crippen LogP contribution in [0, 0.1) is 11.3 Å². The summed E-state index contributed by atoms with van der Waals surface area (Å²) in [5.74, 6) is -0.364. The second kappa shape index (κ2) is 9.43. The Morgan fingerprint density at radius 3 is 2.27 bits per heavy atom. The first-order valence-corrected chi connectivity index (χ1v) is 8.91. The summed E-state index contributed by atoms with van der Waals surface area (Å²) in [4.78, 5) is 14.7. The van der Waals surface area contributed by atoms with Crippen LogP contribution in [0.3, 0.4) is 0 Å². The van der Waals surface area contributed by atoms with E-state index >= 15 is 0 Å². The van der Waals surface area contributed by atoms with E-state index in [-0.39, 0.29) is 17.5 Å². The molecule has 0 aliphatic carbocycles. The predicted octanol–water partition coefficient (Wildman–Crippen LogP) is 4.32. The van der Waals surface area contributed by atoms with E-state index in [1.807, 2.05) is 67.6 Å². The Kier molecular flexibility index (Phi) is 6.99. The molecule has 1 atom stereocenters. The molecule has 1 unspecified atom stereocenters. The number of anilines is 1. The highest BCUT2D eigenvalue weighted by Crippen LogP contribution is 2.17. The Morgan fingerprint density at radius 2 is 1.73 bits per heavy atom. The minimum Gasteiger partial charge on any atom is -0.372 e. The van der Waals surface area contributed by atoms with Gasteiger partial charge >= 0.3 is 0 Å². The van der Waals surface area contributed by atoms with Crippen molar-refractivity contribution in [2.24, 2.45) is 0 Å². The number of benzene rings is 2. The van der Waals surface area contributed by atoms with Crippen LogP contribution in [0.1, 0.15) is 37.9 Å². The lowest BCUT2D eigenvalue weighted by Crippen LogP contribution is -2.27. The molecule has 0 aliphatic heterocycles. The van der Waals surface area contributed by atoms with Crippen molar-refractivity contribution in [2.75, 3.05) is 18.0 Å². The number of amides is 1. The summed E-state index contributed by atoms with van der Waals surface area (Å²) in [6, 6.07) is 19.4. The van der Waals surface area contributed by atoms with Crippen LogP contribution in [0.2, 0.25) is 0 Å². The molecule has 0 aromatic heterocycles. The minimum absolute atomic E-state index is 0.100. The maximum absolute atomic E-state index is 12.4. The van der Waals surface area contributed by atoms with E-state index < -0.39 is 0 Å². The van der Waals surface area contributed by atoms with Gasteiger partial charge in [-0.2, -0.15) is 5.26 Å². The molecule has 4 heteroatoms. The summed E-state index contributed by atoms with van der Waals surface area (Å²) in [5, 5.41) is 12.3. The first-order valence-electron chi connectivity index (χ1n) is 8.91. The third-order valence-electron chi connectivity index (χ3n) is 4.34. The van der Waals surface area contributed by atoms with Crippen LogP contribution in [0.25, 0.3) is 6.08 Å². The normalized spacial score (nSPS) is 12.2. The molecule has 0 spiro atoms. The van der Waals surface area contributed by atoms with Gasteiger partial charge in [-0.3, -0.25) is 4.79 Å². The number of rotatable bonds is 7. The highest BCUT2D eigenvalue weighted by molar-refractivity contribution is 6.01. The van der Waals surface area contributed by atoms with Gasteiger partial charge in [0.2, 0.25) is 0 Å². The molecular formula is C22H25N3O. The van der Waals surface area contributed by atoms with Crippen molar-refractivity contribution in [3.63, 3.8) is 0 Å². The van der Waals surface area contributed by atoms with Crippen LogP contribution in [-0.4, -0.2) is 19.0 Å². The van der Waals surface area contributed by atoms with Gasteiger partial charge in [0, 0.05) is 18.8 Å². The summed E-state index contributed by atoms with van der Waals surface area (Å²) in [5.41, 5.74) is 3.07. The second-order valence-electron chi connectivity index (χ2n) is 6.04. The maximum atomic E-state index is 12.4. The molecule has 1 N–H and O–H groups in total. The molecule has 26 heavy (non-hydrogen) atoms. The average Bonchev–Trinajstić information content (AvgIpc) is 2.68. The van der Waals surface area contributed by atoms with Gasteiger partial charge in [-0.15, -0.1) is 0 Å². The van der Waals surface area contributed by atoms with E-state index in [2.05, 4.69) is 24.1 Å². The SMILES string of the molecule is CCN(CC)c1ccc(/C=C(\C#N)C(=O)NC(C)c2ccccc2)cc1. The van der Waals surface area contributed by atoms with Crippen molar-refractivity contribution in [3.8, 4) is 6.07 Å². The van der Waals surface area contributed by atoms with Crippen molar-refractivity contribution >= 4 is 17.7 Å².